The van der Waals surface area contributed by atoms with Crippen molar-refractivity contribution in [3.05, 3.63) is 29.3 Å². The molecule has 3 unspecified atom stereocenters. The third kappa shape index (κ3) is 2.28. The van der Waals surface area contributed by atoms with Gasteiger partial charge in [0.1, 0.15) is 11.9 Å². The number of carbonyl (C=O) groups excluding carboxylic acids is 1. The Labute approximate surface area is 144 Å². The monoisotopic (exact) mass is 328 g/mol. The largest absolute Gasteiger partial charge is 0.508 e. The van der Waals surface area contributed by atoms with Crippen molar-refractivity contribution >= 4 is 5.97 Å². The van der Waals surface area contributed by atoms with Crippen molar-refractivity contribution in [3.63, 3.8) is 0 Å². The lowest BCUT2D eigenvalue weighted by molar-refractivity contribution is -0.155. The van der Waals surface area contributed by atoms with Crippen molar-refractivity contribution < 1.29 is 14.6 Å². The Morgan fingerprint density at radius 2 is 2.08 bits per heavy atom. The van der Waals surface area contributed by atoms with Crippen LogP contribution < -0.4 is 0 Å². The number of carbonyl (C=O) groups is 1. The normalized spacial score (nSPS) is 40.4. The molecule has 3 aliphatic rings. The van der Waals surface area contributed by atoms with Crippen LogP contribution in [0, 0.1) is 23.2 Å². The van der Waals surface area contributed by atoms with Gasteiger partial charge in [-0.05, 0) is 79.0 Å². The number of esters is 1. The summed E-state index contributed by atoms with van der Waals surface area (Å²) in [5.41, 5.74) is 2.92. The molecule has 3 heteroatoms. The minimum absolute atomic E-state index is 0.0920. The first-order chi connectivity index (χ1) is 11.4. The number of phenols is 1. The Kier molecular flexibility index (Phi) is 3.67. The van der Waals surface area contributed by atoms with Gasteiger partial charge in [-0.1, -0.05) is 19.9 Å². The highest BCUT2D eigenvalue weighted by atomic mass is 16.5. The summed E-state index contributed by atoms with van der Waals surface area (Å²) >= 11 is 0. The molecular formula is C21H28O3. The fraction of sp³-hybridized carbons (Fsp3) is 0.667. The molecule has 0 spiro atoms. The van der Waals surface area contributed by atoms with Crippen molar-refractivity contribution in [1.29, 1.82) is 0 Å². The molecule has 1 aromatic carbocycles. The lowest BCUT2D eigenvalue weighted by atomic mass is 9.53. The van der Waals surface area contributed by atoms with Crippen LogP contribution in [0.25, 0.3) is 0 Å². The molecule has 0 heterocycles. The summed E-state index contributed by atoms with van der Waals surface area (Å²) in [6, 6.07) is 5.96. The van der Waals surface area contributed by atoms with E-state index in [0.717, 1.165) is 25.7 Å². The molecule has 0 bridgehead atoms. The van der Waals surface area contributed by atoms with E-state index in [9.17, 15) is 9.90 Å². The second-order valence-electron chi connectivity index (χ2n) is 8.57. The van der Waals surface area contributed by atoms with E-state index in [4.69, 9.17) is 4.74 Å². The number of hydrogen-bond donors (Lipinski definition) is 1. The van der Waals surface area contributed by atoms with Crippen molar-refractivity contribution in [2.45, 2.75) is 64.9 Å². The van der Waals surface area contributed by atoms with Crippen LogP contribution in [0.5, 0.6) is 5.75 Å². The fourth-order valence-electron chi connectivity index (χ4n) is 6.31. The second-order valence-corrected chi connectivity index (χ2v) is 8.57. The molecular weight excluding hydrogens is 300 g/mol. The van der Waals surface area contributed by atoms with Gasteiger partial charge in [-0.25, -0.2) is 0 Å². The first-order valence-corrected chi connectivity index (χ1v) is 9.39. The molecule has 1 aromatic rings. The van der Waals surface area contributed by atoms with E-state index in [0.29, 0.717) is 29.4 Å². The smallest absolute Gasteiger partial charge is 0.302 e. The molecule has 0 aliphatic heterocycles. The molecule has 0 aromatic heterocycles. The Morgan fingerprint density at radius 3 is 2.83 bits per heavy atom. The molecule has 2 fully saturated rings. The highest BCUT2D eigenvalue weighted by Gasteiger charge is 2.57. The third-order valence-electron chi connectivity index (χ3n) is 7.28. The van der Waals surface area contributed by atoms with E-state index < -0.39 is 0 Å². The zero-order valence-corrected chi connectivity index (χ0v) is 14.9. The van der Waals surface area contributed by atoms with Crippen LogP contribution >= 0.6 is 0 Å². The SMILES string of the molecule is CC(=O)O[C@H]1CCC2C3C(CC[C@@]21C)c1ccc(O)cc1C[C@@H]3C. The molecule has 4 rings (SSSR count). The third-order valence-corrected chi connectivity index (χ3v) is 7.28. The Morgan fingerprint density at radius 1 is 1.29 bits per heavy atom. The van der Waals surface area contributed by atoms with Gasteiger partial charge in [0.25, 0.3) is 0 Å². The summed E-state index contributed by atoms with van der Waals surface area (Å²) in [6.45, 7) is 6.26. The van der Waals surface area contributed by atoms with Gasteiger partial charge in [-0.3, -0.25) is 4.79 Å². The maximum Gasteiger partial charge on any atom is 0.302 e. The number of hydrogen-bond acceptors (Lipinski definition) is 3. The highest BCUT2D eigenvalue weighted by molar-refractivity contribution is 5.66. The van der Waals surface area contributed by atoms with E-state index in [-0.39, 0.29) is 17.5 Å². The molecule has 3 aliphatic carbocycles. The van der Waals surface area contributed by atoms with Gasteiger partial charge >= 0.3 is 5.97 Å². The van der Waals surface area contributed by atoms with Crippen LogP contribution in [0.1, 0.15) is 63.5 Å². The second kappa shape index (κ2) is 5.50. The Hall–Kier alpha value is -1.51. The molecule has 0 amide bonds. The van der Waals surface area contributed by atoms with E-state index in [1.807, 2.05) is 12.1 Å². The number of rotatable bonds is 1. The fourth-order valence-corrected chi connectivity index (χ4v) is 6.31. The average molecular weight is 328 g/mol. The van der Waals surface area contributed by atoms with Crippen LogP contribution in [0.2, 0.25) is 0 Å². The summed E-state index contributed by atoms with van der Waals surface area (Å²) in [4.78, 5) is 11.5. The first-order valence-electron chi connectivity index (χ1n) is 9.39. The quantitative estimate of drug-likeness (QED) is 0.776. The summed E-state index contributed by atoms with van der Waals surface area (Å²) in [6.07, 6.45) is 5.62. The standard InChI is InChI=1S/C21H28O3/c1-12-10-14-11-15(23)4-5-16(14)17-8-9-21(3)18(20(12)17)6-7-19(21)24-13(2)22/h4-5,11-12,17-20,23H,6-10H2,1-3H3/t12-,17?,18?,19-,20?,21-/m0/s1. The number of aromatic hydroxyl groups is 1. The summed E-state index contributed by atoms with van der Waals surface area (Å²) in [5, 5.41) is 9.83. The van der Waals surface area contributed by atoms with Gasteiger partial charge in [-0.2, -0.15) is 0 Å². The molecule has 0 saturated heterocycles. The molecule has 1 N–H and O–H groups in total. The van der Waals surface area contributed by atoms with E-state index in [1.54, 1.807) is 0 Å². The zero-order chi connectivity index (χ0) is 17.1. The van der Waals surface area contributed by atoms with Crippen LogP contribution in [0.4, 0.5) is 0 Å². The van der Waals surface area contributed by atoms with Crippen molar-refractivity contribution in [3.8, 4) is 5.75 Å². The van der Waals surface area contributed by atoms with Gasteiger partial charge in [0.15, 0.2) is 0 Å². The van der Waals surface area contributed by atoms with Crippen molar-refractivity contribution in [1.82, 2.24) is 0 Å². The van der Waals surface area contributed by atoms with E-state index >= 15 is 0 Å². The van der Waals surface area contributed by atoms with Gasteiger partial charge in [-0.15, -0.1) is 0 Å². The molecule has 0 radical (unpaired) electrons. The van der Waals surface area contributed by atoms with E-state index in [2.05, 4.69) is 19.9 Å². The van der Waals surface area contributed by atoms with Gasteiger partial charge in [0.2, 0.25) is 0 Å². The Balaban J connectivity index is 1.68. The maximum atomic E-state index is 11.5. The molecule has 6 atom stereocenters. The summed E-state index contributed by atoms with van der Waals surface area (Å²) in [7, 11) is 0. The molecule has 2 saturated carbocycles. The molecule has 24 heavy (non-hydrogen) atoms. The average Bonchev–Trinajstić information content (AvgIpc) is 2.83. The van der Waals surface area contributed by atoms with Crippen molar-refractivity contribution in [2.24, 2.45) is 23.2 Å². The maximum absolute atomic E-state index is 11.5. The highest BCUT2D eigenvalue weighted by Crippen LogP contribution is 2.62. The number of benzene rings is 1. The van der Waals surface area contributed by atoms with Crippen LogP contribution in [-0.4, -0.2) is 17.2 Å². The predicted molar refractivity (Wildman–Crippen MR) is 92.8 cm³/mol. The minimum atomic E-state index is -0.137. The van der Waals surface area contributed by atoms with Crippen LogP contribution in [-0.2, 0) is 16.0 Å². The number of ether oxygens (including phenoxy) is 1. The van der Waals surface area contributed by atoms with Gasteiger partial charge < -0.3 is 9.84 Å². The molecule has 130 valence electrons. The zero-order valence-electron chi connectivity index (χ0n) is 14.9. The topological polar surface area (TPSA) is 46.5 Å². The van der Waals surface area contributed by atoms with Crippen LogP contribution in [0.3, 0.4) is 0 Å². The predicted octanol–water partition coefficient (Wildman–Crippen LogP) is 4.43. The molecule has 3 nitrogen and oxygen atoms in total. The van der Waals surface area contributed by atoms with Gasteiger partial charge in [0.05, 0.1) is 0 Å². The van der Waals surface area contributed by atoms with Crippen molar-refractivity contribution in [2.75, 3.05) is 0 Å². The lowest BCUT2D eigenvalue weighted by Crippen LogP contribution is -2.47. The lowest BCUT2D eigenvalue weighted by Gasteiger charge is -2.52. The summed E-state index contributed by atoms with van der Waals surface area (Å²) in [5.74, 6) is 2.76. The number of fused-ring (bicyclic) bond motifs is 5. The number of phenolic OH excluding ortho intramolecular Hbond substituents is 1. The van der Waals surface area contributed by atoms with Crippen LogP contribution in [0.15, 0.2) is 18.2 Å². The minimum Gasteiger partial charge on any atom is -0.508 e. The van der Waals surface area contributed by atoms with E-state index in [1.165, 1.54) is 24.5 Å². The van der Waals surface area contributed by atoms with Gasteiger partial charge in [0, 0.05) is 12.3 Å². The first kappa shape index (κ1) is 16.0. The Bertz CT molecular complexity index is 667. The summed E-state index contributed by atoms with van der Waals surface area (Å²) < 4.78 is 5.71.